The number of rotatable bonds is 6. The molecule has 3 aromatic rings. The molecule has 1 aliphatic rings. The summed E-state index contributed by atoms with van der Waals surface area (Å²) in [6.07, 6.45) is 0.444. The Hall–Kier alpha value is -2.98. The molecule has 1 atom stereocenters. The van der Waals surface area contributed by atoms with Crippen molar-refractivity contribution in [2.75, 3.05) is 16.6 Å². The third-order valence-corrected chi connectivity index (χ3v) is 8.52. The zero-order chi connectivity index (χ0) is 27.1. The van der Waals surface area contributed by atoms with Crippen molar-refractivity contribution in [3.63, 3.8) is 0 Å². The van der Waals surface area contributed by atoms with Gasteiger partial charge in [-0.1, -0.05) is 38.4 Å². The van der Waals surface area contributed by atoms with Crippen LogP contribution < -0.4 is 9.62 Å². The fourth-order valence-electron chi connectivity index (χ4n) is 4.14. The van der Waals surface area contributed by atoms with E-state index in [1.54, 1.807) is 23.7 Å². The SMILES string of the molecule is CC(C(=O)NCc1cc(C(C)(C)C)nn1-c1ccc(F)c(Cl)c1)c1ccc(N2CCCS2(=O)=O)c(F)c1. The minimum atomic E-state index is -3.52. The average Bonchev–Trinajstić information content (AvgIpc) is 3.41. The molecule has 1 amide bonds. The van der Waals surface area contributed by atoms with Crippen molar-refractivity contribution in [2.24, 2.45) is 0 Å². The van der Waals surface area contributed by atoms with Gasteiger partial charge in [0.25, 0.3) is 0 Å². The molecule has 7 nitrogen and oxygen atoms in total. The topological polar surface area (TPSA) is 84.3 Å². The van der Waals surface area contributed by atoms with Crippen LogP contribution in [0.4, 0.5) is 14.5 Å². The minimum Gasteiger partial charge on any atom is -0.350 e. The van der Waals surface area contributed by atoms with Crippen LogP contribution in [0, 0.1) is 11.6 Å². The number of nitrogens with zero attached hydrogens (tertiary/aromatic N) is 3. The molecule has 0 saturated carbocycles. The highest BCUT2D eigenvalue weighted by Crippen LogP contribution is 2.30. The fraction of sp³-hybridized carbons (Fsp3) is 0.385. The smallest absolute Gasteiger partial charge is 0.235 e. The van der Waals surface area contributed by atoms with Gasteiger partial charge in [-0.3, -0.25) is 9.10 Å². The largest absolute Gasteiger partial charge is 0.350 e. The third-order valence-electron chi connectivity index (χ3n) is 6.38. The first-order chi connectivity index (χ1) is 17.3. The lowest BCUT2D eigenvalue weighted by molar-refractivity contribution is -0.122. The number of carbonyl (C=O) groups is 1. The summed E-state index contributed by atoms with van der Waals surface area (Å²) in [5.41, 5.74) is 2.13. The molecule has 1 aliphatic heterocycles. The molecule has 2 aromatic carbocycles. The van der Waals surface area contributed by atoms with E-state index in [0.29, 0.717) is 23.4 Å². The Labute approximate surface area is 220 Å². The second-order valence-electron chi connectivity index (χ2n) is 10.2. The predicted molar refractivity (Wildman–Crippen MR) is 140 cm³/mol. The first-order valence-electron chi connectivity index (χ1n) is 11.9. The summed E-state index contributed by atoms with van der Waals surface area (Å²) >= 11 is 5.98. The van der Waals surface area contributed by atoms with Crippen molar-refractivity contribution >= 4 is 33.2 Å². The third kappa shape index (κ3) is 5.65. The maximum absolute atomic E-state index is 14.8. The summed E-state index contributed by atoms with van der Waals surface area (Å²) in [5, 5.41) is 7.48. The quantitative estimate of drug-likeness (QED) is 0.465. The van der Waals surface area contributed by atoms with Gasteiger partial charge in [0.05, 0.1) is 46.0 Å². The van der Waals surface area contributed by atoms with Crippen molar-refractivity contribution in [3.05, 3.63) is 76.1 Å². The molecule has 1 fully saturated rings. The zero-order valence-corrected chi connectivity index (χ0v) is 22.6. The van der Waals surface area contributed by atoms with E-state index >= 15 is 0 Å². The van der Waals surface area contributed by atoms with E-state index in [2.05, 4.69) is 10.4 Å². The van der Waals surface area contributed by atoms with E-state index in [4.69, 9.17) is 11.6 Å². The van der Waals surface area contributed by atoms with Gasteiger partial charge in [-0.05, 0) is 55.3 Å². The molecule has 4 rings (SSSR count). The van der Waals surface area contributed by atoms with E-state index in [1.165, 1.54) is 24.3 Å². The van der Waals surface area contributed by atoms with Gasteiger partial charge in [0, 0.05) is 12.0 Å². The molecule has 1 aromatic heterocycles. The summed E-state index contributed by atoms with van der Waals surface area (Å²) in [7, 11) is -3.52. The van der Waals surface area contributed by atoms with Crippen molar-refractivity contribution in [1.82, 2.24) is 15.1 Å². The second-order valence-corrected chi connectivity index (χ2v) is 12.6. The van der Waals surface area contributed by atoms with Gasteiger partial charge >= 0.3 is 0 Å². The average molecular weight is 551 g/mol. The van der Waals surface area contributed by atoms with Crippen molar-refractivity contribution < 1.29 is 22.0 Å². The van der Waals surface area contributed by atoms with E-state index < -0.39 is 27.6 Å². The highest BCUT2D eigenvalue weighted by atomic mass is 35.5. The number of amides is 1. The Kier molecular flexibility index (Phi) is 7.36. The first-order valence-corrected chi connectivity index (χ1v) is 13.9. The maximum Gasteiger partial charge on any atom is 0.235 e. The number of anilines is 1. The molecular formula is C26H29ClF2N4O3S. The Morgan fingerprint density at radius 3 is 2.46 bits per heavy atom. The van der Waals surface area contributed by atoms with Crippen LogP contribution in [0.25, 0.3) is 5.69 Å². The molecule has 0 aliphatic carbocycles. The van der Waals surface area contributed by atoms with Gasteiger partial charge in [-0.2, -0.15) is 5.10 Å². The molecule has 0 spiro atoms. The van der Waals surface area contributed by atoms with Crippen LogP contribution in [0.15, 0.2) is 42.5 Å². The van der Waals surface area contributed by atoms with Crippen LogP contribution in [-0.4, -0.2) is 36.4 Å². The fourth-order valence-corrected chi connectivity index (χ4v) is 5.88. The lowest BCUT2D eigenvalue weighted by Crippen LogP contribution is -2.29. The maximum atomic E-state index is 14.8. The normalized spacial score (nSPS) is 16.1. The highest BCUT2D eigenvalue weighted by molar-refractivity contribution is 7.93. The molecule has 1 saturated heterocycles. The highest BCUT2D eigenvalue weighted by Gasteiger charge is 2.31. The number of nitrogens with one attached hydrogen (secondary N) is 1. The van der Waals surface area contributed by atoms with Gasteiger partial charge < -0.3 is 5.32 Å². The van der Waals surface area contributed by atoms with Crippen molar-refractivity contribution in [2.45, 2.75) is 52.0 Å². The second kappa shape index (κ2) is 10.1. The summed E-state index contributed by atoms with van der Waals surface area (Å²) in [6, 6.07) is 10.3. The standard InChI is InChI=1S/C26H29ClF2N4O3S/c1-16(17-6-9-23(22(29)12-17)32-10-5-11-37(32,35)36)25(34)30-15-19-14-24(26(2,3)4)31-33(19)18-7-8-21(28)20(27)13-18/h6-9,12-14,16H,5,10-11,15H2,1-4H3,(H,30,34). The molecule has 37 heavy (non-hydrogen) atoms. The van der Waals surface area contributed by atoms with Crippen LogP contribution in [0.2, 0.25) is 5.02 Å². The monoisotopic (exact) mass is 550 g/mol. The molecule has 1 unspecified atom stereocenters. The summed E-state index contributed by atoms with van der Waals surface area (Å²) in [6.45, 7) is 8.02. The van der Waals surface area contributed by atoms with Crippen LogP contribution in [0.1, 0.15) is 57.0 Å². The lowest BCUT2D eigenvalue weighted by Gasteiger charge is -2.19. The zero-order valence-electron chi connectivity index (χ0n) is 21.1. The summed E-state index contributed by atoms with van der Waals surface area (Å²) in [4.78, 5) is 13.0. The van der Waals surface area contributed by atoms with Gasteiger partial charge in [0.2, 0.25) is 15.9 Å². The number of hydrogen-bond acceptors (Lipinski definition) is 4. The Bertz CT molecular complexity index is 1450. The number of aromatic nitrogens is 2. The molecule has 0 radical (unpaired) electrons. The lowest BCUT2D eigenvalue weighted by atomic mass is 9.92. The molecule has 0 bridgehead atoms. The van der Waals surface area contributed by atoms with Crippen molar-refractivity contribution in [1.29, 1.82) is 0 Å². The van der Waals surface area contributed by atoms with E-state index in [0.717, 1.165) is 10.00 Å². The molecule has 1 N–H and O–H groups in total. The predicted octanol–water partition coefficient (Wildman–Crippen LogP) is 5.06. The van der Waals surface area contributed by atoms with Crippen molar-refractivity contribution in [3.8, 4) is 5.69 Å². The minimum absolute atomic E-state index is 0.00886. The Morgan fingerprint density at radius 2 is 1.86 bits per heavy atom. The van der Waals surface area contributed by atoms with Gasteiger partial charge in [-0.25, -0.2) is 21.9 Å². The van der Waals surface area contributed by atoms with E-state index in [-0.39, 0.29) is 40.9 Å². The Morgan fingerprint density at radius 1 is 1.14 bits per heavy atom. The number of hydrogen-bond donors (Lipinski definition) is 1. The van der Waals surface area contributed by atoms with Gasteiger partial charge in [0.15, 0.2) is 0 Å². The van der Waals surface area contributed by atoms with Crippen LogP contribution in [0.5, 0.6) is 0 Å². The molecule has 198 valence electrons. The van der Waals surface area contributed by atoms with E-state index in [1.807, 2.05) is 26.8 Å². The van der Waals surface area contributed by atoms with Crippen LogP contribution in [0.3, 0.4) is 0 Å². The number of benzene rings is 2. The van der Waals surface area contributed by atoms with Crippen LogP contribution in [-0.2, 0) is 26.8 Å². The van der Waals surface area contributed by atoms with Gasteiger partial charge in [0.1, 0.15) is 11.6 Å². The molecule has 2 heterocycles. The number of sulfonamides is 1. The number of carbonyl (C=O) groups excluding carboxylic acids is 1. The molecule has 11 heteroatoms. The summed E-state index contributed by atoms with van der Waals surface area (Å²) < 4.78 is 55.6. The summed E-state index contributed by atoms with van der Waals surface area (Å²) in [5.74, 6) is -2.29. The molecular weight excluding hydrogens is 522 g/mol. The van der Waals surface area contributed by atoms with Crippen LogP contribution >= 0.6 is 11.6 Å². The van der Waals surface area contributed by atoms with Gasteiger partial charge in [-0.15, -0.1) is 0 Å². The number of halogens is 3. The first kappa shape index (κ1) is 27.1. The Balaban J connectivity index is 1.53. The van der Waals surface area contributed by atoms with E-state index in [9.17, 15) is 22.0 Å².